The van der Waals surface area contributed by atoms with Crippen molar-refractivity contribution >= 4 is 45.5 Å². The van der Waals surface area contributed by atoms with Gasteiger partial charge in [-0.2, -0.15) is 0 Å². The van der Waals surface area contributed by atoms with Crippen LogP contribution in [0, 0.1) is 0 Å². The molecule has 20 heavy (non-hydrogen) atoms. The number of thiazole rings is 1. The first kappa shape index (κ1) is 13.9. The molecule has 8 heteroatoms. The summed E-state index contributed by atoms with van der Waals surface area (Å²) in [6.45, 7) is 3.57. The molecule has 106 valence electrons. The van der Waals surface area contributed by atoms with Crippen LogP contribution in [0.5, 0.6) is 0 Å². The molecule has 0 radical (unpaired) electrons. The number of rotatable bonds is 3. The number of piperazine rings is 1. The highest BCUT2D eigenvalue weighted by Gasteiger charge is 2.22. The molecule has 3 rings (SSSR count). The summed E-state index contributed by atoms with van der Waals surface area (Å²) >= 11 is 13.7. The van der Waals surface area contributed by atoms with Gasteiger partial charge in [0.15, 0.2) is 5.13 Å². The van der Waals surface area contributed by atoms with Crippen molar-refractivity contribution in [1.29, 1.82) is 0 Å². The zero-order valence-corrected chi connectivity index (χ0v) is 13.0. The van der Waals surface area contributed by atoms with E-state index in [4.69, 9.17) is 23.2 Å². The highest BCUT2D eigenvalue weighted by Crippen LogP contribution is 2.27. The zero-order chi connectivity index (χ0) is 13.9. The van der Waals surface area contributed by atoms with Gasteiger partial charge in [-0.1, -0.05) is 11.6 Å². The summed E-state index contributed by atoms with van der Waals surface area (Å²) in [5.74, 6) is 1.17. The third-order valence-corrected chi connectivity index (χ3v) is 4.70. The van der Waals surface area contributed by atoms with Crippen LogP contribution >= 0.6 is 34.5 Å². The van der Waals surface area contributed by atoms with Gasteiger partial charge < -0.3 is 9.80 Å². The number of anilines is 2. The Morgan fingerprint density at radius 3 is 2.50 bits per heavy atom. The van der Waals surface area contributed by atoms with Crippen LogP contribution in [0.25, 0.3) is 0 Å². The van der Waals surface area contributed by atoms with E-state index in [9.17, 15) is 0 Å². The van der Waals surface area contributed by atoms with Crippen molar-refractivity contribution in [3.05, 3.63) is 28.6 Å². The SMILES string of the molecule is ClCc1c(Cl)ncnc1N1CCN(c2nccs2)CC1. The molecule has 3 heterocycles. The van der Waals surface area contributed by atoms with Crippen molar-refractivity contribution < 1.29 is 0 Å². The molecule has 1 aliphatic rings. The Morgan fingerprint density at radius 2 is 1.85 bits per heavy atom. The van der Waals surface area contributed by atoms with Crippen LogP contribution in [0.1, 0.15) is 5.56 Å². The van der Waals surface area contributed by atoms with Crippen LogP contribution in [0.3, 0.4) is 0 Å². The van der Waals surface area contributed by atoms with E-state index in [1.807, 2.05) is 11.6 Å². The lowest BCUT2D eigenvalue weighted by Crippen LogP contribution is -2.47. The second-order valence-electron chi connectivity index (χ2n) is 4.39. The molecule has 0 atom stereocenters. The summed E-state index contributed by atoms with van der Waals surface area (Å²) in [5.41, 5.74) is 0.804. The monoisotopic (exact) mass is 329 g/mol. The topological polar surface area (TPSA) is 45.2 Å². The average Bonchev–Trinajstić information content (AvgIpc) is 3.01. The van der Waals surface area contributed by atoms with Crippen LogP contribution in [-0.4, -0.2) is 41.1 Å². The van der Waals surface area contributed by atoms with Gasteiger partial charge in [-0.25, -0.2) is 15.0 Å². The first-order chi connectivity index (χ1) is 9.79. The largest absolute Gasteiger partial charge is 0.353 e. The fourth-order valence-electron chi connectivity index (χ4n) is 2.25. The van der Waals surface area contributed by atoms with Crippen molar-refractivity contribution in [2.45, 2.75) is 5.88 Å². The summed E-state index contributed by atoms with van der Waals surface area (Å²) in [7, 11) is 0. The lowest BCUT2D eigenvalue weighted by atomic mass is 10.2. The van der Waals surface area contributed by atoms with Crippen molar-refractivity contribution in [1.82, 2.24) is 15.0 Å². The molecule has 2 aromatic heterocycles. The predicted octanol–water partition coefficient (Wildman–Crippen LogP) is 2.65. The molecule has 0 N–H and O–H groups in total. The van der Waals surface area contributed by atoms with Crippen LogP contribution in [0.15, 0.2) is 17.9 Å². The second kappa shape index (κ2) is 6.11. The third kappa shape index (κ3) is 2.68. The summed E-state index contributed by atoms with van der Waals surface area (Å²) in [6.07, 6.45) is 3.32. The molecule has 5 nitrogen and oxygen atoms in total. The van der Waals surface area contributed by atoms with E-state index < -0.39 is 0 Å². The van der Waals surface area contributed by atoms with Gasteiger partial charge >= 0.3 is 0 Å². The van der Waals surface area contributed by atoms with Crippen LogP contribution in [-0.2, 0) is 5.88 Å². The van der Waals surface area contributed by atoms with Crippen LogP contribution < -0.4 is 9.80 Å². The Labute approximate surface area is 131 Å². The van der Waals surface area contributed by atoms with Gasteiger partial charge in [-0.3, -0.25) is 0 Å². The molecule has 0 aliphatic carbocycles. The lowest BCUT2D eigenvalue weighted by Gasteiger charge is -2.35. The third-order valence-electron chi connectivity index (χ3n) is 3.27. The van der Waals surface area contributed by atoms with Crippen molar-refractivity contribution in [3.63, 3.8) is 0 Å². The van der Waals surface area contributed by atoms with Crippen LogP contribution in [0.4, 0.5) is 10.9 Å². The molecule has 0 amide bonds. The zero-order valence-electron chi connectivity index (χ0n) is 10.7. The molecule has 1 aliphatic heterocycles. The fourth-order valence-corrected chi connectivity index (χ4v) is 3.46. The summed E-state index contributed by atoms with van der Waals surface area (Å²) in [5, 5.41) is 3.51. The molecular weight excluding hydrogens is 317 g/mol. The maximum atomic E-state index is 6.08. The molecule has 0 spiro atoms. The van der Waals surface area contributed by atoms with Crippen molar-refractivity contribution in [2.75, 3.05) is 36.0 Å². The average molecular weight is 330 g/mol. The molecule has 1 fully saturated rings. The van der Waals surface area contributed by atoms with E-state index in [1.54, 1.807) is 11.3 Å². The van der Waals surface area contributed by atoms with E-state index in [0.717, 1.165) is 42.7 Å². The first-order valence-corrected chi connectivity index (χ1v) is 8.03. The number of hydrogen-bond donors (Lipinski definition) is 0. The Balaban J connectivity index is 1.74. The van der Waals surface area contributed by atoms with Gasteiger partial charge in [-0.05, 0) is 0 Å². The maximum Gasteiger partial charge on any atom is 0.185 e. The Bertz CT molecular complexity index is 569. The van der Waals surface area contributed by atoms with Gasteiger partial charge in [0.1, 0.15) is 17.3 Å². The van der Waals surface area contributed by atoms with Crippen molar-refractivity contribution in [2.24, 2.45) is 0 Å². The number of halogens is 2. The van der Waals surface area contributed by atoms with Gasteiger partial charge in [0.2, 0.25) is 0 Å². The standard InChI is InChI=1S/C12H13Cl2N5S/c13-7-9-10(14)16-8-17-11(9)18-2-4-19(5-3-18)12-15-1-6-20-12/h1,6,8H,2-5,7H2. The lowest BCUT2D eigenvalue weighted by molar-refractivity contribution is 0.643. The Hall–Kier alpha value is -1.11. The molecule has 0 saturated carbocycles. The number of hydrogen-bond acceptors (Lipinski definition) is 6. The second-order valence-corrected chi connectivity index (χ2v) is 5.89. The molecule has 0 bridgehead atoms. The number of nitrogens with zero attached hydrogens (tertiary/aromatic N) is 5. The molecule has 0 unspecified atom stereocenters. The van der Waals surface area contributed by atoms with Gasteiger partial charge in [0.25, 0.3) is 0 Å². The van der Waals surface area contributed by atoms with Crippen molar-refractivity contribution in [3.8, 4) is 0 Å². The molecule has 0 aromatic carbocycles. The summed E-state index contributed by atoms with van der Waals surface area (Å²) < 4.78 is 0. The molecule has 2 aromatic rings. The van der Waals surface area contributed by atoms with Gasteiger partial charge in [0.05, 0.1) is 5.88 Å². The minimum atomic E-state index is 0.321. The Kier molecular flexibility index (Phi) is 4.24. The first-order valence-electron chi connectivity index (χ1n) is 6.24. The van der Waals surface area contributed by atoms with E-state index in [2.05, 4.69) is 24.8 Å². The summed E-state index contributed by atoms with van der Waals surface area (Å²) in [6, 6.07) is 0. The van der Waals surface area contributed by atoms with E-state index >= 15 is 0 Å². The van der Waals surface area contributed by atoms with Gasteiger partial charge in [-0.15, -0.1) is 22.9 Å². The highest BCUT2D eigenvalue weighted by molar-refractivity contribution is 7.13. The molecular formula is C12H13Cl2N5S. The minimum absolute atomic E-state index is 0.321. The number of aromatic nitrogens is 3. The quantitative estimate of drug-likeness (QED) is 0.639. The molecule has 1 saturated heterocycles. The summed E-state index contributed by atoms with van der Waals surface area (Å²) in [4.78, 5) is 17.2. The fraction of sp³-hybridized carbons (Fsp3) is 0.417. The number of alkyl halides is 1. The van der Waals surface area contributed by atoms with Gasteiger partial charge in [0, 0.05) is 43.3 Å². The van der Waals surface area contributed by atoms with E-state index in [0.29, 0.717) is 11.0 Å². The smallest absolute Gasteiger partial charge is 0.185 e. The van der Waals surface area contributed by atoms with E-state index in [1.165, 1.54) is 6.33 Å². The van der Waals surface area contributed by atoms with E-state index in [-0.39, 0.29) is 0 Å². The Morgan fingerprint density at radius 1 is 1.10 bits per heavy atom. The highest BCUT2D eigenvalue weighted by atomic mass is 35.5. The normalized spacial score (nSPS) is 15.7. The minimum Gasteiger partial charge on any atom is -0.353 e. The van der Waals surface area contributed by atoms with Crippen LogP contribution in [0.2, 0.25) is 5.15 Å². The maximum absolute atomic E-state index is 6.08. The predicted molar refractivity (Wildman–Crippen MR) is 83.1 cm³/mol.